The Hall–Kier alpha value is -2.84. The van der Waals surface area contributed by atoms with E-state index in [9.17, 15) is 9.59 Å². The van der Waals surface area contributed by atoms with Crippen molar-refractivity contribution in [2.75, 3.05) is 19.0 Å². The van der Waals surface area contributed by atoms with Gasteiger partial charge >= 0.3 is 0 Å². The first-order chi connectivity index (χ1) is 13.6. The van der Waals surface area contributed by atoms with Crippen LogP contribution in [-0.4, -0.2) is 24.4 Å². The van der Waals surface area contributed by atoms with Gasteiger partial charge in [-0.25, -0.2) is 0 Å². The van der Waals surface area contributed by atoms with Gasteiger partial charge in [0, 0.05) is 24.9 Å². The number of halogens is 1. The van der Waals surface area contributed by atoms with Crippen LogP contribution in [0.15, 0.2) is 35.1 Å². The van der Waals surface area contributed by atoms with Crippen molar-refractivity contribution in [2.45, 2.75) is 39.2 Å². The van der Waals surface area contributed by atoms with Crippen molar-refractivity contribution in [1.29, 1.82) is 5.26 Å². The van der Waals surface area contributed by atoms with Gasteiger partial charge in [-0.2, -0.15) is 5.26 Å². The molecule has 0 atom stereocenters. The highest BCUT2D eigenvalue weighted by atomic mass is 35.5. The molecule has 1 aromatic heterocycles. The van der Waals surface area contributed by atoms with Gasteiger partial charge in [0.25, 0.3) is 0 Å². The number of pyridine rings is 1. The summed E-state index contributed by atoms with van der Waals surface area (Å²) in [6, 6.07) is 11.1. The summed E-state index contributed by atoms with van der Waals surface area (Å²) in [5.74, 6) is -0.218. The van der Waals surface area contributed by atoms with Gasteiger partial charge in [0.05, 0.1) is 40.8 Å². The topological polar surface area (TPSA) is 66.1 Å². The summed E-state index contributed by atoms with van der Waals surface area (Å²) in [6.45, 7) is 6.29. The Balaban J connectivity index is 2.55. The van der Waals surface area contributed by atoms with E-state index >= 15 is 0 Å². The molecular weight excluding hydrogens is 386 g/mol. The van der Waals surface area contributed by atoms with Crippen LogP contribution in [0.25, 0.3) is 21.8 Å². The van der Waals surface area contributed by atoms with Crippen molar-refractivity contribution in [3.8, 4) is 6.07 Å². The van der Waals surface area contributed by atoms with E-state index in [-0.39, 0.29) is 29.6 Å². The molecule has 3 aromatic rings. The Bertz CT molecular complexity index is 1230. The van der Waals surface area contributed by atoms with Crippen molar-refractivity contribution >= 4 is 44.9 Å². The summed E-state index contributed by atoms with van der Waals surface area (Å²) < 4.78 is 1.84. The molecule has 0 spiro atoms. The zero-order valence-corrected chi connectivity index (χ0v) is 18.1. The minimum absolute atomic E-state index is 0.00435. The predicted octanol–water partition coefficient (Wildman–Crippen LogP) is 4.65. The minimum atomic E-state index is -0.218. The van der Waals surface area contributed by atoms with Gasteiger partial charge in [-0.15, -0.1) is 0 Å². The number of aromatic nitrogens is 1. The van der Waals surface area contributed by atoms with Gasteiger partial charge in [-0.3, -0.25) is 9.59 Å². The second-order valence-electron chi connectivity index (χ2n) is 8.46. The number of anilines is 1. The van der Waals surface area contributed by atoms with E-state index in [0.29, 0.717) is 32.5 Å². The summed E-state index contributed by atoms with van der Waals surface area (Å²) in [5, 5.41) is 10.5. The summed E-state index contributed by atoms with van der Waals surface area (Å²) in [5.41, 5.74) is 2.79. The van der Waals surface area contributed by atoms with E-state index in [1.165, 1.54) is 0 Å². The van der Waals surface area contributed by atoms with Crippen LogP contribution >= 0.6 is 11.6 Å². The fourth-order valence-corrected chi connectivity index (χ4v) is 3.92. The van der Waals surface area contributed by atoms with Crippen LogP contribution in [0.4, 0.5) is 5.69 Å². The number of ketones is 1. The minimum Gasteiger partial charge on any atom is -0.375 e. The molecule has 150 valence electrons. The second-order valence-corrected chi connectivity index (χ2v) is 8.86. The van der Waals surface area contributed by atoms with Crippen LogP contribution < -0.4 is 10.3 Å². The molecule has 0 radical (unpaired) electrons. The van der Waals surface area contributed by atoms with E-state index in [2.05, 4.69) is 20.8 Å². The number of Topliss-reactive ketones (excluding diaryl/α,β-unsaturated/α-hetero) is 1. The van der Waals surface area contributed by atoms with Crippen LogP contribution in [-0.2, 0) is 16.8 Å². The van der Waals surface area contributed by atoms with E-state index in [1.807, 2.05) is 47.8 Å². The van der Waals surface area contributed by atoms with E-state index in [1.54, 1.807) is 12.1 Å². The number of carbonyl (C=O) groups is 1. The fraction of sp³-hybridized carbons (Fsp3) is 0.348. The molecule has 3 rings (SSSR count). The number of benzene rings is 2. The van der Waals surface area contributed by atoms with E-state index in [4.69, 9.17) is 16.9 Å². The van der Waals surface area contributed by atoms with Crippen molar-refractivity contribution in [3.63, 3.8) is 0 Å². The van der Waals surface area contributed by atoms with Crippen molar-refractivity contribution in [2.24, 2.45) is 0 Å². The molecule has 0 fully saturated rings. The molecule has 2 aromatic carbocycles. The maximum absolute atomic E-state index is 13.3. The lowest BCUT2D eigenvalue weighted by atomic mass is 9.86. The van der Waals surface area contributed by atoms with Gasteiger partial charge in [0.2, 0.25) is 0 Å². The summed E-state index contributed by atoms with van der Waals surface area (Å²) in [6.07, 6.45) is -0.189. The average molecular weight is 410 g/mol. The number of carbonyl (C=O) groups excluding carboxylic acids is 1. The Labute approximate surface area is 175 Å². The molecule has 0 N–H and O–H groups in total. The van der Waals surface area contributed by atoms with Crippen LogP contribution in [0.3, 0.4) is 0 Å². The first-order valence-corrected chi connectivity index (χ1v) is 9.79. The number of hydrogen-bond acceptors (Lipinski definition) is 4. The first kappa shape index (κ1) is 20.9. The van der Waals surface area contributed by atoms with E-state index < -0.39 is 0 Å². The zero-order valence-electron chi connectivity index (χ0n) is 17.3. The molecular formula is C23H24ClN3O2. The predicted molar refractivity (Wildman–Crippen MR) is 119 cm³/mol. The van der Waals surface area contributed by atoms with Gasteiger partial charge < -0.3 is 9.47 Å². The molecule has 0 bridgehead atoms. The molecule has 0 aliphatic heterocycles. The maximum Gasteiger partial charge on any atom is 0.197 e. The normalized spacial score (nSPS) is 11.6. The molecule has 5 nitrogen and oxygen atoms in total. The second kappa shape index (κ2) is 7.53. The molecule has 0 aliphatic rings. The smallest absolute Gasteiger partial charge is 0.197 e. The molecule has 6 heteroatoms. The number of fused-ring (bicyclic) bond motifs is 2. The summed E-state index contributed by atoms with van der Waals surface area (Å²) in [7, 11) is 3.70. The lowest BCUT2D eigenvalue weighted by Crippen LogP contribution is -2.20. The zero-order chi connectivity index (χ0) is 21.5. The van der Waals surface area contributed by atoms with Crippen molar-refractivity contribution < 1.29 is 4.79 Å². The third-order valence-corrected chi connectivity index (χ3v) is 5.38. The largest absolute Gasteiger partial charge is 0.375 e. The Morgan fingerprint density at radius 3 is 2.41 bits per heavy atom. The highest BCUT2D eigenvalue weighted by Crippen LogP contribution is 2.35. The van der Waals surface area contributed by atoms with Gasteiger partial charge in [-0.1, -0.05) is 38.4 Å². The van der Waals surface area contributed by atoms with Crippen molar-refractivity contribution in [3.05, 3.63) is 51.1 Å². The third kappa shape index (κ3) is 3.73. The lowest BCUT2D eigenvalue weighted by Gasteiger charge is -2.24. The Morgan fingerprint density at radius 2 is 1.83 bits per heavy atom. The highest BCUT2D eigenvalue weighted by Gasteiger charge is 2.21. The molecule has 0 unspecified atom stereocenters. The number of nitrogens with zero attached hydrogens (tertiary/aromatic N) is 3. The number of hydrogen-bond donors (Lipinski definition) is 0. The van der Waals surface area contributed by atoms with Crippen LogP contribution in [0.1, 0.15) is 32.8 Å². The van der Waals surface area contributed by atoms with Crippen LogP contribution in [0, 0.1) is 11.3 Å². The van der Waals surface area contributed by atoms with Crippen molar-refractivity contribution in [1.82, 2.24) is 4.57 Å². The van der Waals surface area contributed by atoms with Crippen LogP contribution in [0.2, 0.25) is 5.02 Å². The lowest BCUT2D eigenvalue weighted by molar-refractivity contribution is -0.118. The number of rotatable bonds is 4. The maximum atomic E-state index is 13.3. The monoisotopic (exact) mass is 409 g/mol. The van der Waals surface area contributed by atoms with Crippen LogP contribution in [0.5, 0.6) is 0 Å². The number of nitriles is 1. The van der Waals surface area contributed by atoms with Gasteiger partial charge in [0.1, 0.15) is 0 Å². The average Bonchev–Trinajstić information content (AvgIpc) is 2.63. The Morgan fingerprint density at radius 1 is 1.17 bits per heavy atom. The molecule has 1 heterocycles. The first-order valence-electron chi connectivity index (χ1n) is 9.41. The summed E-state index contributed by atoms with van der Waals surface area (Å²) in [4.78, 5) is 27.6. The molecule has 0 saturated heterocycles. The van der Waals surface area contributed by atoms with E-state index in [0.717, 1.165) is 5.56 Å². The molecule has 0 aliphatic carbocycles. The van der Waals surface area contributed by atoms with Gasteiger partial charge in [0.15, 0.2) is 11.2 Å². The SMILES string of the molecule is CN(C)c1c(Cl)ccc2c(=O)c3ccc(C(C)(C)C)cc3n(CC(=O)CC#N)c12. The standard InChI is InChI=1S/C23H24ClN3O2/c1-23(2,3)14-6-7-16-19(12-14)27(13-15(28)10-11-25)20-17(22(16)29)8-9-18(24)21(20)26(4)5/h6-9,12H,10,13H2,1-5H3. The summed E-state index contributed by atoms with van der Waals surface area (Å²) >= 11 is 6.48. The third-order valence-electron chi connectivity index (χ3n) is 5.07. The molecule has 0 amide bonds. The Kier molecular flexibility index (Phi) is 5.42. The fourth-order valence-electron chi connectivity index (χ4n) is 3.60. The highest BCUT2D eigenvalue weighted by molar-refractivity contribution is 6.35. The molecule has 29 heavy (non-hydrogen) atoms. The quantitative estimate of drug-likeness (QED) is 0.588. The molecule has 0 saturated carbocycles. The van der Waals surface area contributed by atoms with Gasteiger partial charge in [-0.05, 0) is 35.2 Å².